The quantitative estimate of drug-likeness (QED) is 0.746. The van der Waals surface area contributed by atoms with E-state index in [0.29, 0.717) is 27.4 Å². The van der Waals surface area contributed by atoms with Gasteiger partial charge < -0.3 is 4.42 Å². The second-order valence-electron chi connectivity index (χ2n) is 5.85. The first-order chi connectivity index (χ1) is 9.86. The van der Waals surface area contributed by atoms with Gasteiger partial charge in [0.2, 0.25) is 0 Å². The van der Waals surface area contributed by atoms with Crippen molar-refractivity contribution in [3.05, 3.63) is 45.8 Å². The van der Waals surface area contributed by atoms with Gasteiger partial charge in [-0.1, -0.05) is 32.4 Å². The monoisotopic (exact) mass is 303 g/mol. The van der Waals surface area contributed by atoms with Crippen molar-refractivity contribution >= 4 is 22.7 Å². The number of nitrogens with one attached hydrogen (secondary N) is 1. The highest BCUT2D eigenvalue weighted by Crippen LogP contribution is 2.30. The number of halogens is 1. The van der Waals surface area contributed by atoms with Crippen LogP contribution >= 0.6 is 11.6 Å². The van der Waals surface area contributed by atoms with Crippen LogP contribution in [-0.4, -0.2) is 15.0 Å². The average Bonchev–Trinajstić information content (AvgIpc) is 2.81. The van der Waals surface area contributed by atoms with Crippen LogP contribution in [0.3, 0.4) is 0 Å². The van der Waals surface area contributed by atoms with E-state index in [4.69, 9.17) is 16.0 Å². The predicted octanol–water partition coefficient (Wildman–Crippen LogP) is 3.53. The molecule has 0 bridgehead atoms. The fourth-order valence-corrected chi connectivity index (χ4v) is 2.25. The van der Waals surface area contributed by atoms with Crippen molar-refractivity contribution in [2.24, 2.45) is 0 Å². The number of H-pyrrole nitrogens is 1. The Kier molecular flexibility index (Phi) is 3.10. The number of benzene rings is 1. The molecule has 21 heavy (non-hydrogen) atoms. The molecular weight excluding hydrogens is 290 g/mol. The Bertz CT molecular complexity index is 857. The standard InChI is InChI=1S/C15H14ClN3O2/c1-15(2,3)11-7-17-10(6-18-11)8-4-5-9(16)12-13(8)21-14(20)19-12/h4-7H,1-3H3,(H,19,20). The topological polar surface area (TPSA) is 71.8 Å². The van der Waals surface area contributed by atoms with Gasteiger partial charge in [-0.3, -0.25) is 15.0 Å². The number of oxazole rings is 1. The van der Waals surface area contributed by atoms with Crippen molar-refractivity contribution in [1.82, 2.24) is 15.0 Å². The third-order valence-corrected chi connectivity index (χ3v) is 3.54. The largest absolute Gasteiger partial charge is 0.417 e. The second-order valence-corrected chi connectivity index (χ2v) is 6.26. The highest BCUT2D eigenvalue weighted by atomic mass is 35.5. The molecule has 3 rings (SSSR count). The van der Waals surface area contributed by atoms with Crippen LogP contribution in [0.15, 0.2) is 33.7 Å². The fraction of sp³-hybridized carbons (Fsp3) is 0.267. The zero-order valence-corrected chi connectivity index (χ0v) is 12.7. The molecule has 108 valence electrons. The van der Waals surface area contributed by atoms with E-state index in [2.05, 4.69) is 35.7 Å². The molecule has 0 spiro atoms. The van der Waals surface area contributed by atoms with Crippen LogP contribution in [0.25, 0.3) is 22.4 Å². The molecule has 0 atom stereocenters. The Hall–Kier alpha value is -2.14. The number of nitrogens with zero attached hydrogens (tertiary/aromatic N) is 2. The lowest BCUT2D eigenvalue weighted by molar-refractivity contribution is 0.556. The summed E-state index contributed by atoms with van der Waals surface area (Å²) >= 11 is 6.05. The molecule has 0 radical (unpaired) electrons. The Morgan fingerprint density at radius 2 is 1.95 bits per heavy atom. The number of hydrogen-bond donors (Lipinski definition) is 1. The lowest BCUT2D eigenvalue weighted by Gasteiger charge is -2.16. The Morgan fingerprint density at radius 1 is 1.19 bits per heavy atom. The summed E-state index contributed by atoms with van der Waals surface area (Å²) in [5.74, 6) is -0.543. The van der Waals surface area contributed by atoms with Crippen LogP contribution in [0, 0.1) is 0 Å². The number of rotatable bonds is 1. The van der Waals surface area contributed by atoms with Gasteiger partial charge in [0.25, 0.3) is 0 Å². The van der Waals surface area contributed by atoms with Gasteiger partial charge in [0.15, 0.2) is 5.58 Å². The smallest absolute Gasteiger partial charge is 0.407 e. The Labute approximate surface area is 126 Å². The van der Waals surface area contributed by atoms with Gasteiger partial charge in [-0.15, -0.1) is 0 Å². The van der Waals surface area contributed by atoms with Crippen molar-refractivity contribution in [1.29, 1.82) is 0 Å². The fourth-order valence-electron chi connectivity index (χ4n) is 2.06. The maximum Gasteiger partial charge on any atom is 0.417 e. The molecular formula is C15H14ClN3O2. The van der Waals surface area contributed by atoms with E-state index in [1.54, 1.807) is 24.5 Å². The molecule has 0 saturated heterocycles. The third-order valence-electron chi connectivity index (χ3n) is 3.22. The molecule has 0 aliphatic heterocycles. The summed E-state index contributed by atoms with van der Waals surface area (Å²) in [6.45, 7) is 6.22. The SMILES string of the molecule is CC(C)(C)c1cnc(-c2ccc(Cl)c3[nH]c(=O)oc23)cn1. The summed E-state index contributed by atoms with van der Waals surface area (Å²) < 4.78 is 5.17. The van der Waals surface area contributed by atoms with Gasteiger partial charge in [-0.25, -0.2) is 4.79 Å². The van der Waals surface area contributed by atoms with Crippen molar-refractivity contribution in [2.75, 3.05) is 0 Å². The molecule has 0 aliphatic carbocycles. The van der Waals surface area contributed by atoms with Crippen LogP contribution in [0.4, 0.5) is 0 Å². The maximum atomic E-state index is 11.4. The lowest BCUT2D eigenvalue weighted by Crippen LogP contribution is -2.13. The summed E-state index contributed by atoms with van der Waals surface area (Å²) in [7, 11) is 0. The highest BCUT2D eigenvalue weighted by molar-refractivity contribution is 6.35. The van der Waals surface area contributed by atoms with Gasteiger partial charge in [0.1, 0.15) is 5.52 Å². The van der Waals surface area contributed by atoms with Crippen LogP contribution in [0.2, 0.25) is 5.02 Å². The molecule has 3 aromatic rings. The minimum absolute atomic E-state index is 0.0680. The minimum Gasteiger partial charge on any atom is -0.407 e. The van der Waals surface area contributed by atoms with Gasteiger partial charge in [0, 0.05) is 17.2 Å². The van der Waals surface area contributed by atoms with Crippen LogP contribution in [-0.2, 0) is 5.41 Å². The molecule has 2 heterocycles. The summed E-state index contributed by atoms with van der Waals surface area (Å²) in [4.78, 5) is 22.8. The first-order valence-electron chi connectivity index (χ1n) is 6.50. The van der Waals surface area contributed by atoms with Crippen molar-refractivity contribution < 1.29 is 4.42 Å². The zero-order chi connectivity index (χ0) is 15.2. The van der Waals surface area contributed by atoms with Gasteiger partial charge >= 0.3 is 5.76 Å². The van der Waals surface area contributed by atoms with E-state index >= 15 is 0 Å². The van der Waals surface area contributed by atoms with E-state index in [1.165, 1.54) is 0 Å². The van der Waals surface area contributed by atoms with E-state index in [1.807, 2.05) is 0 Å². The Morgan fingerprint density at radius 3 is 2.57 bits per heavy atom. The van der Waals surface area contributed by atoms with E-state index in [-0.39, 0.29) is 5.41 Å². The minimum atomic E-state index is -0.543. The lowest BCUT2D eigenvalue weighted by atomic mass is 9.93. The summed E-state index contributed by atoms with van der Waals surface area (Å²) in [5, 5.41) is 0.430. The van der Waals surface area contributed by atoms with Gasteiger partial charge in [0.05, 0.1) is 22.6 Å². The molecule has 0 fully saturated rings. The average molecular weight is 304 g/mol. The molecule has 0 unspecified atom stereocenters. The zero-order valence-electron chi connectivity index (χ0n) is 11.9. The Balaban J connectivity index is 2.17. The number of aromatic amines is 1. The molecule has 1 aromatic carbocycles. The summed E-state index contributed by atoms with van der Waals surface area (Å²) in [5.41, 5.74) is 3.01. The predicted molar refractivity (Wildman–Crippen MR) is 81.6 cm³/mol. The first-order valence-corrected chi connectivity index (χ1v) is 6.88. The first kappa shape index (κ1) is 13.8. The molecule has 0 aliphatic rings. The van der Waals surface area contributed by atoms with Gasteiger partial charge in [-0.2, -0.15) is 0 Å². The third kappa shape index (κ3) is 2.45. The summed E-state index contributed by atoms with van der Waals surface area (Å²) in [6.07, 6.45) is 3.41. The highest BCUT2D eigenvalue weighted by Gasteiger charge is 2.17. The van der Waals surface area contributed by atoms with Crippen molar-refractivity contribution in [2.45, 2.75) is 26.2 Å². The van der Waals surface area contributed by atoms with Crippen LogP contribution in [0.1, 0.15) is 26.5 Å². The van der Waals surface area contributed by atoms with E-state index in [0.717, 1.165) is 5.69 Å². The van der Waals surface area contributed by atoms with E-state index < -0.39 is 5.76 Å². The van der Waals surface area contributed by atoms with Crippen LogP contribution in [0.5, 0.6) is 0 Å². The van der Waals surface area contributed by atoms with Gasteiger partial charge in [-0.05, 0) is 12.1 Å². The molecule has 0 amide bonds. The molecule has 0 saturated carbocycles. The van der Waals surface area contributed by atoms with Crippen LogP contribution < -0.4 is 5.76 Å². The maximum absolute atomic E-state index is 11.4. The molecule has 5 nitrogen and oxygen atoms in total. The van der Waals surface area contributed by atoms with Crippen molar-refractivity contribution in [3.8, 4) is 11.3 Å². The number of aromatic nitrogens is 3. The second kappa shape index (κ2) is 4.70. The molecule has 1 N–H and O–H groups in total. The van der Waals surface area contributed by atoms with Crippen molar-refractivity contribution in [3.63, 3.8) is 0 Å². The number of fused-ring (bicyclic) bond motifs is 1. The summed E-state index contributed by atoms with van der Waals surface area (Å²) in [6, 6.07) is 3.46. The normalized spacial score (nSPS) is 12.0. The number of hydrogen-bond acceptors (Lipinski definition) is 4. The molecule has 2 aromatic heterocycles. The van der Waals surface area contributed by atoms with E-state index in [9.17, 15) is 4.79 Å². The molecule has 6 heteroatoms.